The number of nitrogens with zero attached hydrogens (tertiary/aromatic N) is 4. The van der Waals surface area contributed by atoms with Gasteiger partial charge in [0.2, 0.25) is 0 Å². The molecule has 0 N–H and O–H groups in total. The molecule has 3 heterocycles. The maximum atomic E-state index is 5.67. The summed E-state index contributed by atoms with van der Waals surface area (Å²) in [6, 6.07) is 1.31. The van der Waals surface area contributed by atoms with Crippen molar-refractivity contribution in [2.45, 2.75) is 62.9 Å². The summed E-state index contributed by atoms with van der Waals surface area (Å²) in [6.07, 6.45) is 3.69. The number of piperazine rings is 1. The summed E-state index contributed by atoms with van der Waals surface area (Å²) in [6.45, 7) is 18.2. The van der Waals surface area contributed by atoms with Crippen molar-refractivity contribution in [2.75, 3.05) is 72.6 Å². The number of ether oxygens (including phenoxy) is 1. The normalized spacial score (nSPS) is 32.7. The minimum Gasteiger partial charge on any atom is -0.379 e. The Kier molecular flexibility index (Phi) is 7.90. The molecule has 0 aromatic carbocycles. The Morgan fingerprint density at radius 2 is 1.70 bits per heavy atom. The average Bonchev–Trinajstić information content (AvgIpc) is 2.66. The van der Waals surface area contributed by atoms with Crippen LogP contribution in [0.4, 0.5) is 0 Å². The van der Waals surface area contributed by atoms with Crippen molar-refractivity contribution in [2.24, 2.45) is 0 Å². The van der Waals surface area contributed by atoms with E-state index in [9.17, 15) is 0 Å². The minimum atomic E-state index is 0.216. The van der Waals surface area contributed by atoms with Gasteiger partial charge in [0.15, 0.2) is 0 Å². The molecule has 3 aliphatic rings. The average molecular weight is 399 g/mol. The van der Waals surface area contributed by atoms with E-state index < -0.39 is 0 Å². The highest BCUT2D eigenvalue weighted by atomic mass is 32.1. The molecule has 0 aromatic heterocycles. The van der Waals surface area contributed by atoms with Crippen molar-refractivity contribution < 1.29 is 4.74 Å². The quantitative estimate of drug-likeness (QED) is 0.688. The smallest absolute Gasteiger partial charge is 0.0594 e. The van der Waals surface area contributed by atoms with Crippen molar-refractivity contribution in [3.05, 3.63) is 0 Å². The van der Waals surface area contributed by atoms with Crippen molar-refractivity contribution in [1.82, 2.24) is 19.6 Å². The van der Waals surface area contributed by atoms with Gasteiger partial charge in [-0.3, -0.25) is 14.7 Å². The third kappa shape index (κ3) is 5.83. The van der Waals surface area contributed by atoms with E-state index in [1.165, 1.54) is 58.5 Å². The highest BCUT2D eigenvalue weighted by Crippen LogP contribution is 2.31. The fourth-order valence-electron chi connectivity index (χ4n) is 5.21. The number of likely N-dealkylation sites (tertiary alicyclic amines) is 1. The lowest BCUT2D eigenvalue weighted by atomic mass is 9.85. The third-order valence-corrected chi connectivity index (χ3v) is 7.60. The largest absolute Gasteiger partial charge is 0.379 e. The Morgan fingerprint density at radius 3 is 2.33 bits per heavy atom. The number of hydrogen-bond acceptors (Lipinski definition) is 6. The zero-order chi connectivity index (χ0) is 19.4. The minimum absolute atomic E-state index is 0.216. The molecule has 0 aliphatic carbocycles. The van der Waals surface area contributed by atoms with Gasteiger partial charge >= 0.3 is 0 Å². The molecule has 3 saturated heterocycles. The van der Waals surface area contributed by atoms with Crippen LogP contribution in [0.25, 0.3) is 0 Å². The monoisotopic (exact) mass is 398 g/mol. The number of piperidine rings is 1. The van der Waals surface area contributed by atoms with E-state index in [1.54, 1.807) is 0 Å². The summed E-state index contributed by atoms with van der Waals surface area (Å²) in [5, 5.41) is 0.565. The standard InChI is InChI=1S/C21H42N4OS/c1-18(2)24-9-7-23(8-10-24)17-21(3,25-11-13-26-14-12-25)16-19-15-20(27)5-6-22(19)4/h18-20,27H,5-17H2,1-4H3. The Hall–Kier alpha value is 0.150. The van der Waals surface area contributed by atoms with Gasteiger partial charge in [0.25, 0.3) is 0 Å². The van der Waals surface area contributed by atoms with Gasteiger partial charge in [-0.2, -0.15) is 12.6 Å². The SMILES string of the molecule is CC(C)N1CCN(CC(C)(CC2CC(S)CCN2C)N2CCOCC2)CC1. The molecule has 5 nitrogen and oxygen atoms in total. The van der Waals surface area contributed by atoms with Gasteiger partial charge in [-0.05, 0) is 53.6 Å². The number of rotatable bonds is 6. The van der Waals surface area contributed by atoms with Crippen LogP contribution < -0.4 is 0 Å². The van der Waals surface area contributed by atoms with Crippen LogP contribution in [-0.2, 0) is 4.74 Å². The van der Waals surface area contributed by atoms with E-state index in [-0.39, 0.29) is 5.54 Å². The van der Waals surface area contributed by atoms with Crippen LogP contribution in [0.15, 0.2) is 0 Å². The lowest BCUT2D eigenvalue weighted by Gasteiger charge is -2.50. The number of thiol groups is 1. The molecular formula is C21H42N4OS. The summed E-state index contributed by atoms with van der Waals surface area (Å²) in [7, 11) is 2.31. The lowest BCUT2D eigenvalue weighted by Crippen LogP contribution is -2.62. The topological polar surface area (TPSA) is 22.2 Å². The maximum absolute atomic E-state index is 5.67. The highest BCUT2D eigenvalue weighted by Gasteiger charge is 2.39. The molecule has 3 aliphatic heterocycles. The van der Waals surface area contributed by atoms with Crippen molar-refractivity contribution in [3.8, 4) is 0 Å². The van der Waals surface area contributed by atoms with E-state index >= 15 is 0 Å². The van der Waals surface area contributed by atoms with Crippen LogP contribution in [0, 0.1) is 0 Å². The van der Waals surface area contributed by atoms with Gasteiger partial charge in [-0.25, -0.2) is 0 Å². The van der Waals surface area contributed by atoms with Crippen molar-refractivity contribution in [1.29, 1.82) is 0 Å². The Labute approximate surface area is 172 Å². The molecule has 3 atom stereocenters. The van der Waals surface area contributed by atoms with Crippen LogP contribution in [0.5, 0.6) is 0 Å². The first-order valence-electron chi connectivity index (χ1n) is 11.0. The van der Waals surface area contributed by atoms with Gasteiger partial charge in [0.05, 0.1) is 13.2 Å². The van der Waals surface area contributed by atoms with Crippen LogP contribution in [0.1, 0.15) is 40.0 Å². The molecular weight excluding hydrogens is 356 g/mol. The first kappa shape index (κ1) is 21.8. The summed E-state index contributed by atoms with van der Waals surface area (Å²) < 4.78 is 5.67. The van der Waals surface area contributed by atoms with Gasteiger partial charge in [-0.1, -0.05) is 0 Å². The fourth-order valence-corrected chi connectivity index (χ4v) is 5.57. The molecule has 27 heavy (non-hydrogen) atoms. The second kappa shape index (κ2) is 9.77. The summed E-state index contributed by atoms with van der Waals surface area (Å²) in [4.78, 5) is 10.6. The summed E-state index contributed by atoms with van der Waals surface area (Å²) >= 11 is 4.82. The predicted octanol–water partition coefficient (Wildman–Crippen LogP) is 1.89. The van der Waals surface area contributed by atoms with Crippen LogP contribution >= 0.6 is 12.6 Å². The first-order chi connectivity index (χ1) is 12.9. The van der Waals surface area contributed by atoms with Crippen LogP contribution in [0.2, 0.25) is 0 Å². The molecule has 158 valence electrons. The van der Waals surface area contributed by atoms with Gasteiger partial charge in [-0.15, -0.1) is 0 Å². The molecule has 0 amide bonds. The molecule has 0 spiro atoms. The second-order valence-electron chi connectivity index (χ2n) is 9.52. The van der Waals surface area contributed by atoms with Crippen LogP contribution in [-0.4, -0.2) is 115 Å². The van der Waals surface area contributed by atoms with Gasteiger partial charge in [0.1, 0.15) is 0 Å². The molecule has 0 saturated carbocycles. The Bertz CT molecular complexity index is 451. The van der Waals surface area contributed by atoms with E-state index in [4.69, 9.17) is 17.4 Å². The highest BCUT2D eigenvalue weighted by molar-refractivity contribution is 7.80. The van der Waals surface area contributed by atoms with E-state index in [2.05, 4.69) is 47.4 Å². The molecule has 0 aromatic rings. The van der Waals surface area contributed by atoms with E-state index in [0.29, 0.717) is 17.3 Å². The first-order valence-corrected chi connectivity index (χ1v) is 11.6. The fraction of sp³-hybridized carbons (Fsp3) is 1.00. The Morgan fingerprint density at radius 1 is 1.04 bits per heavy atom. The molecule has 3 fully saturated rings. The van der Waals surface area contributed by atoms with E-state index in [1.807, 2.05) is 0 Å². The van der Waals surface area contributed by atoms with Gasteiger partial charge in [0, 0.05) is 68.7 Å². The second-order valence-corrected chi connectivity index (χ2v) is 10.2. The van der Waals surface area contributed by atoms with Crippen LogP contribution in [0.3, 0.4) is 0 Å². The number of morpholine rings is 1. The Balaban J connectivity index is 1.66. The van der Waals surface area contributed by atoms with Crippen molar-refractivity contribution in [3.63, 3.8) is 0 Å². The zero-order valence-corrected chi connectivity index (χ0v) is 19.0. The molecule has 3 unspecified atom stereocenters. The maximum Gasteiger partial charge on any atom is 0.0594 e. The molecule has 6 heteroatoms. The zero-order valence-electron chi connectivity index (χ0n) is 18.1. The molecule has 0 bridgehead atoms. The molecule has 3 rings (SSSR count). The summed E-state index contributed by atoms with van der Waals surface area (Å²) in [5.74, 6) is 0. The summed E-state index contributed by atoms with van der Waals surface area (Å²) in [5.41, 5.74) is 0.216. The number of hydrogen-bond donors (Lipinski definition) is 1. The molecule has 0 radical (unpaired) electrons. The third-order valence-electron chi connectivity index (χ3n) is 7.13. The lowest BCUT2D eigenvalue weighted by molar-refractivity contribution is -0.0477. The van der Waals surface area contributed by atoms with Crippen molar-refractivity contribution >= 4 is 12.6 Å². The predicted molar refractivity (Wildman–Crippen MR) is 117 cm³/mol. The van der Waals surface area contributed by atoms with E-state index in [0.717, 1.165) is 26.3 Å². The van der Waals surface area contributed by atoms with Gasteiger partial charge < -0.3 is 9.64 Å².